The van der Waals surface area contributed by atoms with Crippen LogP contribution in [0.5, 0.6) is 5.75 Å². The van der Waals surface area contributed by atoms with Crippen LogP contribution in [0.25, 0.3) is 22.4 Å². The van der Waals surface area contributed by atoms with Crippen molar-refractivity contribution in [1.82, 2.24) is 25.3 Å². The second-order valence-electron chi connectivity index (χ2n) is 7.61. The Morgan fingerprint density at radius 1 is 1.03 bits per heavy atom. The molecule has 1 amide bonds. The highest BCUT2D eigenvalue weighted by Crippen LogP contribution is 2.35. The minimum absolute atomic E-state index is 0.134. The lowest BCUT2D eigenvalue weighted by Crippen LogP contribution is -2.32. The van der Waals surface area contributed by atoms with Crippen LogP contribution in [0.1, 0.15) is 0 Å². The molecule has 2 atom stereocenters. The molecule has 9 heteroatoms. The molecule has 1 aromatic carbocycles. The number of likely N-dealkylation sites (tertiary alicyclic amines) is 1. The van der Waals surface area contributed by atoms with E-state index in [4.69, 9.17) is 5.11 Å². The summed E-state index contributed by atoms with van der Waals surface area (Å²) in [6.45, 7) is 2.73. The van der Waals surface area contributed by atoms with Crippen molar-refractivity contribution in [3.63, 3.8) is 0 Å². The third-order valence-electron chi connectivity index (χ3n) is 5.84. The molecule has 0 bridgehead atoms. The Kier molecular flexibility index (Phi) is 4.08. The van der Waals surface area contributed by atoms with Crippen LogP contribution in [0.3, 0.4) is 0 Å². The Labute approximate surface area is 166 Å². The topological polar surface area (TPSA) is 118 Å². The van der Waals surface area contributed by atoms with E-state index in [9.17, 15) is 9.90 Å². The van der Waals surface area contributed by atoms with Crippen molar-refractivity contribution in [2.45, 2.75) is 0 Å². The van der Waals surface area contributed by atoms with E-state index < -0.39 is 6.09 Å². The first-order chi connectivity index (χ1) is 14.1. The SMILES string of the molecule is O=C(O)N1CC2CN(c3ccc(-c4ccc(-c5cn[nH]c5)cc4O)nn3)CC2C1. The lowest BCUT2D eigenvalue weighted by molar-refractivity contribution is 0.153. The number of fused-ring (bicyclic) bond motifs is 1. The summed E-state index contributed by atoms with van der Waals surface area (Å²) in [6, 6.07) is 9.17. The molecule has 148 valence electrons. The van der Waals surface area contributed by atoms with Crippen molar-refractivity contribution < 1.29 is 15.0 Å². The second kappa shape index (κ2) is 6.77. The van der Waals surface area contributed by atoms with Gasteiger partial charge in [0.2, 0.25) is 0 Å². The molecule has 3 aromatic rings. The maximum absolute atomic E-state index is 11.1. The molecule has 2 fully saturated rings. The molecular weight excluding hydrogens is 372 g/mol. The van der Waals surface area contributed by atoms with Gasteiger partial charge in [-0.05, 0) is 29.8 Å². The fraction of sp³-hybridized carbons (Fsp3) is 0.300. The summed E-state index contributed by atoms with van der Waals surface area (Å²) in [5.74, 6) is 1.59. The van der Waals surface area contributed by atoms with Crippen LogP contribution in [0.15, 0.2) is 42.7 Å². The van der Waals surface area contributed by atoms with Crippen LogP contribution in [0, 0.1) is 11.8 Å². The molecule has 9 nitrogen and oxygen atoms in total. The van der Waals surface area contributed by atoms with Gasteiger partial charge >= 0.3 is 6.09 Å². The number of hydrogen-bond donors (Lipinski definition) is 3. The van der Waals surface area contributed by atoms with Gasteiger partial charge in [-0.15, -0.1) is 10.2 Å². The quantitative estimate of drug-likeness (QED) is 0.626. The molecule has 29 heavy (non-hydrogen) atoms. The predicted molar refractivity (Wildman–Crippen MR) is 106 cm³/mol. The van der Waals surface area contributed by atoms with Crippen LogP contribution >= 0.6 is 0 Å². The van der Waals surface area contributed by atoms with Gasteiger partial charge in [-0.3, -0.25) is 5.10 Å². The van der Waals surface area contributed by atoms with Gasteiger partial charge in [0.15, 0.2) is 5.82 Å². The van der Waals surface area contributed by atoms with E-state index in [0.717, 1.165) is 30.0 Å². The first-order valence-electron chi connectivity index (χ1n) is 9.47. The second-order valence-corrected chi connectivity index (χ2v) is 7.61. The van der Waals surface area contributed by atoms with Crippen LogP contribution in [0.4, 0.5) is 10.6 Å². The lowest BCUT2D eigenvalue weighted by atomic mass is 10.0. The number of amides is 1. The fourth-order valence-electron chi connectivity index (χ4n) is 4.31. The number of benzene rings is 1. The molecule has 4 heterocycles. The summed E-state index contributed by atoms with van der Waals surface area (Å²) >= 11 is 0. The van der Waals surface area contributed by atoms with E-state index in [-0.39, 0.29) is 5.75 Å². The minimum Gasteiger partial charge on any atom is -0.507 e. The zero-order valence-corrected chi connectivity index (χ0v) is 15.6. The van der Waals surface area contributed by atoms with Crippen molar-refractivity contribution in [2.75, 3.05) is 31.1 Å². The Morgan fingerprint density at radius 3 is 2.41 bits per heavy atom. The first-order valence-corrected chi connectivity index (χ1v) is 9.47. The van der Waals surface area contributed by atoms with Crippen LogP contribution < -0.4 is 4.90 Å². The molecule has 0 spiro atoms. The van der Waals surface area contributed by atoms with Gasteiger partial charge in [-0.2, -0.15) is 5.10 Å². The van der Waals surface area contributed by atoms with Crippen LogP contribution in [0.2, 0.25) is 0 Å². The minimum atomic E-state index is -0.839. The number of H-pyrrole nitrogens is 1. The number of aromatic hydroxyl groups is 1. The van der Waals surface area contributed by atoms with E-state index in [2.05, 4.69) is 25.3 Å². The van der Waals surface area contributed by atoms with Gasteiger partial charge < -0.3 is 20.0 Å². The third kappa shape index (κ3) is 3.14. The monoisotopic (exact) mass is 392 g/mol. The molecule has 5 rings (SSSR count). The number of carbonyl (C=O) groups is 1. The van der Waals surface area contributed by atoms with Crippen molar-refractivity contribution in [3.8, 4) is 28.1 Å². The van der Waals surface area contributed by atoms with Crippen molar-refractivity contribution >= 4 is 11.9 Å². The average molecular weight is 392 g/mol. The smallest absolute Gasteiger partial charge is 0.407 e. The number of nitrogens with one attached hydrogen (secondary N) is 1. The normalized spacial score (nSPS) is 20.8. The Hall–Kier alpha value is -3.62. The highest BCUT2D eigenvalue weighted by molar-refractivity contribution is 5.74. The zero-order chi connectivity index (χ0) is 20.0. The third-order valence-corrected chi connectivity index (χ3v) is 5.84. The van der Waals surface area contributed by atoms with E-state index >= 15 is 0 Å². The van der Waals surface area contributed by atoms with E-state index in [1.54, 1.807) is 18.5 Å². The summed E-state index contributed by atoms with van der Waals surface area (Å²) in [6.07, 6.45) is 2.63. The number of phenolic OH excluding ortho intramolecular Hbond substituents is 1. The van der Waals surface area contributed by atoms with Gasteiger partial charge in [0, 0.05) is 55.3 Å². The van der Waals surface area contributed by atoms with Crippen molar-refractivity contribution in [2.24, 2.45) is 11.8 Å². The maximum atomic E-state index is 11.1. The van der Waals surface area contributed by atoms with E-state index in [1.807, 2.05) is 24.3 Å². The van der Waals surface area contributed by atoms with E-state index in [0.29, 0.717) is 36.2 Å². The molecular formula is C20H20N6O3. The Morgan fingerprint density at radius 2 is 1.83 bits per heavy atom. The molecule has 2 saturated heterocycles. The molecule has 0 saturated carbocycles. The zero-order valence-electron chi connectivity index (χ0n) is 15.6. The number of nitrogens with zero attached hydrogens (tertiary/aromatic N) is 5. The van der Waals surface area contributed by atoms with Crippen molar-refractivity contribution in [1.29, 1.82) is 0 Å². The number of aromatic nitrogens is 4. The van der Waals surface area contributed by atoms with Gasteiger partial charge in [0.25, 0.3) is 0 Å². The molecule has 0 aliphatic carbocycles. The molecule has 2 unspecified atom stereocenters. The van der Waals surface area contributed by atoms with Crippen molar-refractivity contribution in [3.05, 3.63) is 42.7 Å². The van der Waals surface area contributed by atoms with Gasteiger partial charge in [-0.1, -0.05) is 6.07 Å². The standard InChI is InChI=1S/C20H20N6O3/c27-18-5-12(13-6-21-22-7-13)1-2-16(18)17-3-4-19(24-23-17)25-8-14-10-26(20(28)29)11-15(14)9-25/h1-7,14-15,27H,8-11H2,(H,21,22)(H,28,29). The molecule has 0 radical (unpaired) electrons. The summed E-state index contributed by atoms with van der Waals surface area (Å²) in [5, 5.41) is 34.9. The van der Waals surface area contributed by atoms with Crippen LogP contribution in [-0.4, -0.2) is 67.8 Å². The number of hydrogen-bond acceptors (Lipinski definition) is 6. The molecule has 3 N–H and O–H groups in total. The summed E-state index contributed by atoms with van der Waals surface area (Å²) in [7, 11) is 0. The Bertz CT molecular complexity index is 1020. The summed E-state index contributed by atoms with van der Waals surface area (Å²) < 4.78 is 0. The Balaban J connectivity index is 1.31. The fourth-order valence-corrected chi connectivity index (χ4v) is 4.31. The number of anilines is 1. The highest BCUT2D eigenvalue weighted by Gasteiger charge is 2.42. The molecule has 2 aliphatic rings. The first kappa shape index (κ1) is 17.5. The molecule has 2 aliphatic heterocycles. The number of rotatable bonds is 3. The largest absolute Gasteiger partial charge is 0.507 e. The number of carboxylic acid groups (broad SMARTS) is 1. The maximum Gasteiger partial charge on any atom is 0.407 e. The van der Waals surface area contributed by atoms with Gasteiger partial charge in [0.05, 0.1) is 11.9 Å². The summed E-state index contributed by atoms with van der Waals surface area (Å²) in [4.78, 5) is 14.8. The highest BCUT2D eigenvalue weighted by atomic mass is 16.4. The predicted octanol–water partition coefficient (Wildman–Crippen LogP) is 2.29. The van der Waals surface area contributed by atoms with Gasteiger partial charge in [-0.25, -0.2) is 4.79 Å². The summed E-state index contributed by atoms with van der Waals surface area (Å²) in [5.41, 5.74) is 2.98. The lowest BCUT2D eigenvalue weighted by Gasteiger charge is -2.20. The average Bonchev–Trinajstić information content (AvgIpc) is 3.44. The molecule has 2 aromatic heterocycles. The van der Waals surface area contributed by atoms with E-state index in [1.165, 1.54) is 4.90 Å². The number of aromatic amines is 1. The van der Waals surface area contributed by atoms with Crippen LogP contribution in [-0.2, 0) is 0 Å². The van der Waals surface area contributed by atoms with Gasteiger partial charge in [0.1, 0.15) is 5.75 Å². The number of phenols is 1.